The van der Waals surface area contributed by atoms with Crippen molar-refractivity contribution < 1.29 is 5.11 Å². The van der Waals surface area contributed by atoms with Crippen molar-refractivity contribution in [2.75, 3.05) is 11.9 Å². The minimum Gasteiger partial charge on any atom is -0.393 e. The van der Waals surface area contributed by atoms with Crippen LogP contribution in [0, 0.1) is 12.8 Å². The highest BCUT2D eigenvalue weighted by Crippen LogP contribution is 2.26. The molecule has 4 nitrogen and oxygen atoms in total. The fourth-order valence-electron chi connectivity index (χ4n) is 1.83. The Morgan fingerprint density at radius 2 is 2.36 bits per heavy atom. The Labute approximate surface area is 87.4 Å². The van der Waals surface area contributed by atoms with Gasteiger partial charge in [-0.3, -0.25) is 0 Å². The van der Waals surface area contributed by atoms with Gasteiger partial charge in [0, 0.05) is 6.54 Å². The van der Waals surface area contributed by atoms with Crippen LogP contribution in [0.2, 0.25) is 0 Å². The highest BCUT2D eigenvalue weighted by atomic mass is 32.1. The quantitative estimate of drug-likeness (QED) is 0.797. The largest absolute Gasteiger partial charge is 0.393 e. The number of anilines is 1. The summed E-state index contributed by atoms with van der Waals surface area (Å²) in [6, 6.07) is 0. The van der Waals surface area contributed by atoms with Crippen LogP contribution in [0.4, 0.5) is 5.13 Å². The summed E-state index contributed by atoms with van der Waals surface area (Å²) in [6.45, 7) is 2.86. The van der Waals surface area contributed by atoms with E-state index < -0.39 is 0 Å². The van der Waals surface area contributed by atoms with Gasteiger partial charge in [0.2, 0.25) is 5.13 Å². The molecule has 1 aromatic heterocycles. The van der Waals surface area contributed by atoms with E-state index >= 15 is 0 Å². The summed E-state index contributed by atoms with van der Waals surface area (Å²) < 4.78 is 0. The zero-order valence-corrected chi connectivity index (χ0v) is 9.05. The SMILES string of the molecule is Cc1nnc(NCC2CCC(O)C2)s1. The number of hydrogen-bond acceptors (Lipinski definition) is 5. The molecule has 0 aromatic carbocycles. The maximum absolute atomic E-state index is 9.35. The summed E-state index contributed by atoms with van der Waals surface area (Å²) >= 11 is 1.58. The molecule has 0 aliphatic heterocycles. The van der Waals surface area contributed by atoms with E-state index in [1.165, 1.54) is 0 Å². The van der Waals surface area contributed by atoms with Gasteiger partial charge in [-0.1, -0.05) is 11.3 Å². The number of aryl methyl sites for hydroxylation is 1. The lowest BCUT2D eigenvalue weighted by Crippen LogP contribution is -2.12. The number of nitrogens with one attached hydrogen (secondary N) is 1. The number of aliphatic hydroxyl groups excluding tert-OH is 1. The Hall–Kier alpha value is -0.680. The standard InChI is InChI=1S/C9H15N3OS/c1-6-11-12-9(14-6)10-5-7-2-3-8(13)4-7/h7-8,13H,2-5H2,1H3,(H,10,12). The predicted octanol–water partition coefficient (Wildman–Crippen LogP) is 1.42. The Morgan fingerprint density at radius 1 is 1.50 bits per heavy atom. The molecule has 78 valence electrons. The minimum absolute atomic E-state index is 0.0852. The second-order valence-corrected chi connectivity index (χ2v) is 5.02. The lowest BCUT2D eigenvalue weighted by molar-refractivity contribution is 0.178. The number of aromatic nitrogens is 2. The van der Waals surface area contributed by atoms with Gasteiger partial charge in [-0.25, -0.2) is 0 Å². The number of nitrogens with zero attached hydrogens (tertiary/aromatic N) is 2. The van der Waals surface area contributed by atoms with Crippen molar-refractivity contribution in [2.24, 2.45) is 5.92 Å². The van der Waals surface area contributed by atoms with Crippen LogP contribution in [0.3, 0.4) is 0 Å². The summed E-state index contributed by atoms with van der Waals surface area (Å²) in [4.78, 5) is 0. The van der Waals surface area contributed by atoms with Crippen LogP contribution < -0.4 is 5.32 Å². The third kappa shape index (κ3) is 2.42. The molecule has 2 N–H and O–H groups in total. The average Bonchev–Trinajstić information content (AvgIpc) is 2.72. The predicted molar refractivity (Wildman–Crippen MR) is 56.5 cm³/mol. The molecule has 0 spiro atoms. The van der Waals surface area contributed by atoms with Gasteiger partial charge in [0.15, 0.2) is 0 Å². The Bertz CT molecular complexity index is 302. The zero-order chi connectivity index (χ0) is 9.97. The van der Waals surface area contributed by atoms with Gasteiger partial charge < -0.3 is 10.4 Å². The first-order chi connectivity index (χ1) is 6.74. The molecular formula is C9H15N3OS. The topological polar surface area (TPSA) is 58.0 Å². The fourth-order valence-corrected chi connectivity index (χ4v) is 2.43. The van der Waals surface area contributed by atoms with Crippen LogP contribution in [0.1, 0.15) is 24.3 Å². The van der Waals surface area contributed by atoms with E-state index in [0.717, 1.165) is 35.9 Å². The van der Waals surface area contributed by atoms with E-state index in [9.17, 15) is 5.11 Å². The van der Waals surface area contributed by atoms with Crippen molar-refractivity contribution in [3.8, 4) is 0 Å². The molecular weight excluding hydrogens is 198 g/mol. The molecule has 0 saturated heterocycles. The van der Waals surface area contributed by atoms with Crippen molar-refractivity contribution in [2.45, 2.75) is 32.3 Å². The fraction of sp³-hybridized carbons (Fsp3) is 0.778. The normalized spacial score (nSPS) is 26.7. The zero-order valence-electron chi connectivity index (χ0n) is 8.23. The maximum Gasteiger partial charge on any atom is 0.205 e. The first kappa shape index (κ1) is 9.86. The van der Waals surface area contributed by atoms with Crippen LogP contribution in [-0.4, -0.2) is 28.0 Å². The van der Waals surface area contributed by atoms with E-state index in [-0.39, 0.29) is 6.10 Å². The van der Waals surface area contributed by atoms with E-state index in [0.29, 0.717) is 5.92 Å². The van der Waals surface area contributed by atoms with E-state index in [1.807, 2.05) is 6.92 Å². The van der Waals surface area contributed by atoms with Crippen LogP contribution in [0.15, 0.2) is 0 Å². The molecule has 1 aliphatic carbocycles. The molecule has 1 saturated carbocycles. The summed E-state index contributed by atoms with van der Waals surface area (Å²) in [5.41, 5.74) is 0. The molecule has 0 radical (unpaired) electrons. The molecule has 5 heteroatoms. The lowest BCUT2D eigenvalue weighted by atomic mass is 10.1. The minimum atomic E-state index is -0.0852. The van der Waals surface area contributed by atoms with Gasteiger partial charge in [0.05, 0.1) is 6.10 Å². The van der Waals surface area contributed by atoms with Gasteiger partial charge in [0.1, 0.15) is 5.01 Å². The molecule has 1 aliphatic rings. The van der Waals surface area contributed by atoms with Gasteiger partial charge in [-0.05, 0) is 32.1 Å². The monoisotopic (exact) mass is 213 g/mol. The van der Waals surface area contributed by atoms with Crippen molar-refractivity contribution >= 4 is 16.5 Å². The average molecular weight is 213 g/mol. The van der Waals surface area contributed by atoms with Gasteiger partial charge >= 0.3 is 0 Å². The first-order valence-electron chi connectivity index (χ1n) is 4.96. The van der Waals surface area contributed by atoms with Crippen LogP contribution in [0.5, 0.6) is 0 Å². The molecule has 0 amide bonds. The van der Waals surface area contributed by atoms with Crippen molar-refractivity contribution in [3.63, 3.8) is 0 Å². The molecule has 1 aromatic rings. The van der Waals surface area contributed by atoms with Crippen LogP contribution >= 0.6 is 11.3 Å². The first-order valence-corrected chi connectivity index (χ1v) is 5.77. The van der Waals surface area contributed by atoms with E-state index in [4.69, 9.17) is 0 Å². The molecule has 0 bridgehead atoms. The Morgan fingerprint density at radius 3 is 2.93 bits per heavy atom. The van der Waals surface area contributed by atoms with Crippen molar-refractivity contribution in [1.29, 1.82) is 0 Å². The highest BCUT2D eigenvalue weighted by molar-refractivity contribution is 7.15. The van der Waals surface area contributed by atoms with Crippen molar-refractivity contribution in [1.82, 2.24) is 10.2 Å². The van der Waals surface area contributed by atoms with Gasteiger partial charge in [0.25, 0.3) is 0 Å². The molecule has 1 heterocycles. The molecule has 2 unspecified atom stereocenters. The van der Waals surface area contributed by atoms with Crippen molar-refractivity contribution in [3.05, 3.63) is 5.01 Å². The smallest absolute Gasteiger partial charge is 0.205 e. The van der Waals surface area contributed by atoms with Crippen LogP contribution in [-0.2, 0) is 0 Å². The third-order valence-corrected chi connectivity index (χ3v) is 3.38. The molecule has 2 rings (SSSR count). The number of hydrogen-bond donors (Lipinski definition) is 2. The summed E-state index contributed by atoms with van der Waals surface area (Å²) in [5.74, 6) is 0.592. The van der Waals surface area contributed by atoms with E-state index in [2.05, 4.69) is 15.5 Å². The molecule has 2 atom stereocenters. The Balaban J connectivity index is 1.77. The molecule has 14 heavy (non-hydrogen) atoms. The van der Waals surface area contributed by atoms with Gasteiger partial charge in [-0.2, -0.15) is 0 Å². The Kier molecular flexibility index (Phi) is 2.98. The second-order valence-electron chi connectivity index (χ2n) is 3.84. The highest BCUT2D eigenvalue weighted by Gasteiger charge is 2.22. The summed E-state index contributed by atoms with van der Waals surface area (Å²) in [5, 5.41) is 22.4. The lowest BCUT2D eigenvalue weighted by Gasteiger charge is -2.08. The number of rotatable bonds is 3. The maximum atomic E-state index is 9.35. The second kappa shape index (κ2) is 4.23. The van der Waals surface area contributed by atoms with E-state index in [1.54, 1.807) is 11.3 Å². The molecule has 1 fully saturated rings. The number of aliphatic hydroxyl groups is 1. The summed E-state index contributed by atoms with van der Waals surface area (Å²) in [7, 11) is 0. The third-order valence-electron chi connectivity index (χ3n) is 2.58. The van der Waals surface area contributed by atoms with Gasteiger partial charge in [-0.15, -0.1) is 10.2 Å². The van der Waals surface area contributed by atoms with Crippen LogP contribution in [0.25, 0.3) is 0 Å². The summed E-state index contributed by atoms with van der Waals surface area (Å²) in [6.07, 6.45) is 2.90.